The Morgan fingerprint density at radius 2 is 2.43 bits per heavy atom. The first kappa shape index (κ1) is 9.68. The Kier molecular flexibility index (Phi) is 2.56. The number of piperidine rings is 1. The zero-order chi connectivity index (χ0) is 10.1. The number of aromatic nitrogens is 2. The first-order chi connectivity index (χ1) is 6.68. The van der Waals surface area contributed by atoms with E-state index in [0.717, 1.165) is 13.0 Å². The first-order valence-electron chi connectivity index (χ1n) is 5.16. The molecular formula is C10H18N4. The van der Waals surface area contributed by atoms with Crippen molar-refractivity contribution in [3.05, 3.63) is 18.0 Å². The second-order valence-corrected chi connectivity index (χ2v) is 4.22. The van der Waals surface area contributed by atoms with Crippen molar-refractivity contribution in [3.63, 3.8) is 0 Å². The van der Waals surface area contributed by atoms with E-state index in [9.17, 15) is 0 Å². The molecule has 78 valence electrons. The molecule has 1 aliphatic heterocycles. The van der Waals surface area contributed by atoms with Crippen LogP contribution in [0.4, 0.5) is 0 Å². The van der Waals surface area contributed by atoms with Gasteiger partial charge < -0.3 is 11.1 Å². The summed E-state index contributed by atoms with van der Waals surface area (Å²) < 4.78 is 1.82. The van der Waals surface area contributed by atoms with Crippen LogP contribution in [0.2, 0.25) is 0 Å². The van der Waals surface area contributed by atoms with Crippen LogP contribution < -0.4 is 11.1 Å². The van der Waals surface area contributed by atoms with Crippen LogP contribution >= 0.6 is 0 Å². The zero-order valence-corrected chi connectivity index (χ0v) is 8.77. The van der Waals surface area contributed by atoms with Gasteiger partial charge in [0.15, 0.2) is 0 Å². The summed E-state index contributed by atoms with van der Waals surface area (Å²) in [5.74, 6) is 0.585. The van der Waals surface area contributed by atoms with Gasteiger partial charge >= 0.3 is 0 Å². The highest BCUT2D eigenvalue weighted by Gasteiger charge is 2.28. The van der Waals surface area contributed by atoms with Gasteiger partial charge in [-0.2, -0.15) is 5.10 Å². The molecule has 0 bridgehead atoms. The third-order valence-electron chi connectivity index (χ3n) is 3.09. The van der Waals surface area contributed by atoms with E-state index in [1.54, 1.807) is 0 Å². The van der Waals surface area contributed by atoms with Gasteiger partial charge in [-0.3, -0.25) is 4.68 Å². The molecule has 0 aromatic carbocycles. The summed E-state index contributed by atoms with van der Waals surface area (Å²) >= 11 is 0. The smallest absolute Gasteiger partial charge is 0.0538 e. The fraction of sp³-hybridized carbons (Fsp3) is 0.700. The van der Waals surface area contributed by atoms with Crippen molar-refractivity contribution in [2.45, 2.75) is 25.4 Å². The molecule has 0 radical (unpaired) electrons. The number of hydrogen-bond acceptors (Lipinski definition) is 3. The molecule has 4 nitrogen and oxygen atoms in total. The molecule has 3 unspecified atom stereocenters. The summed E-state index contributed by atoms with van der Waals surface area (Å²) in [5, 5.41) is 7.62. The number of aryl methyl sites for hydroxylation is 1. The number of nitrogens with one attached hydrogen (secondary N) is 1. The quantitative estimate of drug-likeness (QED) is 0.681. The van der Waals surface area contributed by atoms with E-state index in [-0.39, 0.29) is 12.1 Å². The third kappa shape index (κ3) is 1.67. The maximum absolute atomic E-state index is 6.16. The lowest BCUT2D eigenvalue weighted by Crippen LogP contribution is -2.47. The standard InChI is InChI=1S/C10H18N4/c1-7-3-4-12-10(9(7)11)8-5-13-14(2)6-8/h5-7,9-10,12H,3-4,11H2,1-2H3. The normalized spacial score (nSPS) is 33.2. The maximum Gasteiger partial charge on any atom is 0.0538 e. The van der Waals surface area contributed by atoms with E-state index in [4.69, 9.17) is 5.73 Å². The summed E-state index contributed by atoms with van der Waals surface area (Å²) in [6, 6.07) is 0.473. The average Bonchev–Trinajstić information content (AvgIpc) is 2.57. The SMILES string of the molecule is CC1CCNC(c2cnn(C)c2)C1N. The molecule has 1 aromatic heterocycles. The highest BCUT2D eigenvalue weighted by Crippen LogP contribution is 2.25. The molecule has 1 saturated heterocycles. The molecule has 1 aromatic rings. The molecular weight excluding hydrogens is 176 g/mol. The van der Waals surface area contributed by atoms with Gasteiger partial charge in [-0.25, -0.2) is 0 Å². The summed E-state index contributed by atoms with van der Waals surface area (Å²) in [4.78, 5) is 0. The van der Waals surface area contributed by atoms with Crippen molar-refractivity contribution in [1.82, 2.24) is 15.1 Å². The number of hydrogen-bond donors (Lipinski definition) is 2. The highest BCUT2D eigenvalue weighted by atomic mass is 15.2. The lowest BCUT2D eigenvalue weighted by Gasteiger charge is -2.34. The zero-order valence-electron chi connectivity index (χ0n) is 8.77. The van der Waals surface area contributed by atoms with E-state index in [2.05, 4.69) is 17.3 Å². The van der Waals surface area contributed by atoms with Gasteiger partial charge in [-0.05, 0) is 18.9 Å². The number of nitrogens with zero attached hydrogens (tertiary/aromatic N) is 2. The topological polar surface area (TPSA) is 55.9 Å². The van der Waals surface area contributed by atoms with Crippen molar-refractivity contribution in [2.75, 3.05) is 6.54 Å². The minimum Gasteiger partial charge on any atom is -0.326 e. The van der Waals surface area contributed by atoms with Gasteiger partial charge in [0.25, 0.3) is 0 Å². The largest absolute Gasteiger partial charge is 0.326 e. The summed E-state index contributed by atoms with van der Waals surface area (Å²) in [7, 11) is 1.93. The van der Waals surface area contributed by atoms with E-state index >= 15 is 0 Å². The van der Waals surface area contributed by atoms with Crippen LogP contribution in [0.5, 0.6) is 0 Å². The Morgan fingerprint density at radius 1 is 1.64 bits per heavy atom. The predicted octanol–water partition coefficient (Wildman–Crippen LogP) is 0.418. The molecule has 14 heavy (non-hydrogen) atoms. The van der Waals surface area contributed by atoms with Crippen molar-refractivity contribution in [2.24, 2.45) is 18.7 Å². The third-order valence-corrected chi connectivity index (χ3v) is 3.09. The van der Waals surface area contributed by atoms with Gasteiger partial charge in [0.05, 0.1) is 12.2 Å². The summed E-state index contributed by atoms with van der Waals surface area (Å²) in [6.07, 6.45) is 5.10. The van der Waals surface area contributed by atoms with Crippen LogP contribution in [0.1, 0.15) is 24.9 Å². The van der Waals surface area contributed by atoms with Gasteiger partial charge in [0, 0.05) is 24.8 Å². The van der Waals surface area contributed by atoms with Gasteiger partial charge in [0.1, 0.15) is 0 Å². The van der Waals surface area contributed by atoms with Gasteiger partial charge in [0.2, 0.25) is 0 Å². The van der Waals surface area contributed by atoms with Crippen molar-refractivity contribution in [1.29, 1.82) is 0 Å². The molecule has 3 N–H and O–H groups in total. The molecule has 1 aliphatic rings. The lowest BCUT2D eigenvalue weighted by molar-refractivity contribution is 0.275. The molecule has 3 atom stereocenters. The van der Waals surface area contributed by atoms with E-state index in [1.807, 2.05) is 24.1 Å². The fourth-order valence-electron chi connectivity index (χ4n) is 2.06. The molecule has 2 rings (SSSR count). The summed E-state index contributed by atoms with van der Waals surface area (Å²) in [5.41, 5.74) is 7.36. The van der Waals surface area contributed by atoms with E-state index in [1.165, 1.54) is 5.56 Å². The Bertz CT molecular complexity index is 307. The molecule has 0 saturated carbocycles. The van der Waals surface area contributed by atoms with Crippen LogP contribution in [-0.2, 0) is 7.05 Å². The molecule has 0 aliphatic carbocycles. The van der Waals surface area contributed by atoms with E-state index in [0.29, 0.717) is 5.92 Å². The van der Waals surface area contributed by atoms with Gasteiger partial charge in [-0.1, -0.05) is 6.92 Å². The molecule has 0 amide bonds. The van der Waals surface area contributed by atoms with Crippen molar-refractivity contribution >= 4 is 0 Å². The Balaban J connectivity index is 2.17. The fourth-order valence-corrected chi connectivity index (χ4v) is 2.06. The predicted molar refractivity (Wildman–Crippen MR) is 55.7 cm³/mol. The van der Waals surface area contributed by atoms with Crippen LogP contribution in [0.15, 0.2) is 12.4 Å². The van der Waals surface area contributed by atoms with Crippen LogP contribution in [0.25, 0.3) is 0 Å². The Labute approximate surface area is 84.5 Å². The molecule has 4 heteroatoms. The average molecular weight is 194 g/mol. The Hall–Kier alpha value is -0.870. The minimum absolute atomic E-state index is 0.202. The second kappa shape index (κ2) is 3.71. The lowest BCUT2D eigenvalue weighted by atomic mass is 9.86. The number of nitrogens with two attached hydrogens (primary N) is 1. The molecule has 1 fully saturated rings. The molecule has 2 heterocycles. The number of rotatable bonds is 1. The van der Waals surface area contributed by atoms with E-state index < -0.39 is 0 Å². The monoisotopic (exact) mass is 194 g/mol. The Morgan fingerprint density at radius 3 is 3.07 bits per heavy atom. The molecule has 0 spiro atoms. The van der Waals surface area contributed by atoms with Crippen LogP contribution in [0, 0.1) is 5.92 Å². The van der Waals surface area contributed by atoms with Crippen molar-refractivity contribution < 1.29 is 0 Å². The van der Waals surface area contributed by atoms with Crippen LogP contribution in [0.3, 0.4) is 0 Å². The second-order valence-electron chi connectivity index (χ2n) is 4.22. The first-order valence-corrected chi connectivity index (χ1v) is 5.16. The minimum atomic E-state index is 0.202. The van der Waals surface area contributed by atoms with Crippen LogP contribution in [-0.4, -0.2) is 22.4 Å². The van der Waals surface area contributed by atoms with Crippen molar-refractivity contribution in [3.8, 4) is 0 Å². The summed E-state index contributed by atoms with van der Waals surface area (Å²) in [6.45, 7) is 3.27. The highest BCUT2D eigenvalue weighted by molar-refractivity contribution is 5.14. The van der Waals surface area contributed by atoms with Gasteiger partial charge in [-0.15, -0.1) is 0 Å². The maximum atomic E-state index is 6.16.